The Morgan fingerprint density at radius 3 is 2.69 bits per heavy atom. The van der Waals surface area contributed by atoms with Crippen molar-refractivity contribution in [2.24, 2.45) is 0 Å². The van der Waals surface area contributed by atoms with Gasteiger partial charge in [0.05, 0.1) is 11.7 Å². The molecule has 0 bridgehead atoms. The minimum Gasteiger partial charge on any atom is -0.310 e. The number of thioether (sulfide) groups is 1. The molecule has 3 aromatic heterocycles. The van der Waals surface area contributed by atoms with Gasteiger partial charge >= 0.3 is 0 Å². The van der Waals surface area contributed by atoms with Crippen molar-refractivity contribution in [3.63, 3.8) is 0 Å². The largest absolute Gasteiger partial charge is 0.310 e. The van der Waals surface area contributed by atoms with Crippen LogP contribution in [-0.4, -0.2) is 41.0 Å². The lowest BCUT2D eigenvalue weighted by atomic mass is 10.2. The molecule has 0 aliphatic carbocycles. The monoisotopic (exact) mass is 413 g/mol. The standard InChI is InChI=1S/C18H19N7O3S/c1-9-5-14(26)22-17(19-9)25-13(4-11(3)23-25)21-15(27)7-12-8-29-18-20-10(2)6-16(28)24(12)18/h4-6,12H,7-8H2,1-3H3,(H,21,27)(H,19,22,26). The van der Waals surface area contributed by atoms with Crippen molar-refractivity contribution in [2.45, 2.75) is 38.4 Å². The van der Waals surface area contributed by atoms with Crippen LogP contribution in [0.25, 0.3) is 5.95 Å². The summed E-state index contributed by atoms with van der Waals surface area (Å²) in [5.74, 6) is 0.939. The Morgan fingerprint density at radius 1 is 1.17 bits per heavy atom. The highest BCUT2D eigenvalue weighted by Gasteiger charge is 2.27. The first-order valence-corrected chi connectivity index (χ1v) is 9.96. The Hall–Kier alpha value is -3.21. The Balaban J connectivity index is 1.57. The number of nitrogens with zero attached hydrogens (tertiary/aromatic N) is 5. The summed E-state index contributed by atoms with van der Waals surface area (Å²) in [5, 5.41) is 7.75. The normalized spacial score (nSPS) is 15.3. The summed E-state index contributed by atoms with van der Waals surface area (Å²) in [6.45, 7) is 5.25. The summed E-state index contributed by atoms with van der Waals surface area (Å²) < 4.78 is 2.95. The first-order chi connectivity index (χ1) is 13.8. The molecule has 0 fully saturated rings. The van der Waals surface area contributed by atoms with E-state index in [9.17, 15) is 14.4 Å². The maximum Gasteiger partial charge on any atom is 0.254 e. The average Bonchev–Trinajstić information content (AvgIpc) is 3.17. The smallest absolute Gasteiger partial charge is 0.254 e. The van der Waals surface area contributed by atoms with Gasteiger partial charge in [0, 0.05) is 41.8 Å². The number of aromatic nitrogens is 6. The summed E-state index contributed by atoms with van der Waals surface area (Å²) >= 11 is 1.46. The fourth-order valence-corrected chi connectivity index (χ4v) is 4.43. The van der Waals surface area contributed by atoms with Gasteiger partial charge in [-0.15, -0.1) is 0 Å². The summed E-state index contributed by atoms with van der Waals surface area (Å²) in [6, 6.07) is 4.26. The molecular formula is C18H19N7O3S. The molecule has 29 heavy (non-hydrogen) atoms. The van der Waals surface area contributed by atoms with Crippen LogP contribution < -0.4 is 16.4 Å². The summed E-state index contributed by atoms with van der Waals surface area (Å²) in [6.07, 6.45) is 0.118. The Bertz CT molecular complexity index is 1230. The van der Waals surface area contributed by atoms with Gasteiger partial charge in [0.1, 0.15) is 5.82 Å². The molecule has 150 valence electrons. The van der Waals surface area contributed by atoms with Gasteiger partial charge < -0.3 is 5.32 Å². The first-order valence-electron chi connectivity index (χ1n) is 8.98. The highest BCUT2D eigenvalue weighted by molar-refractivity contribution is 7.99. The lowest BCUT2D eigenvalue weighted by Crippen LogP contribution is -2.28. The molecule has 1 unspecified atom stereocenters. The lowest BCUT2D eigenvalue weighted by molar-refractivity contribution is -0.116. The SMILES string of the molecule is Cc1cc(=O)[nH]c(-n2nc(C)cc2NC(=O)CC2CSc3nc(C)cc(=O)n32)n1. The molecule has 4 heterocycles. The van der Waals surface area contributed by atoms with Crippen LogP contribution in [0, 0.1) is 20.8 Å². The molecule has 4 rings (SSSR count). The maximum atomic E-state index is 12.7. The van der Waals surface area contributed by atoms with Crippen molar-refractivity contribution >= 4 is 23.5 Å². The van der Waals surface area contributed by atoms with E-state index in [2.05, 4.69) is 25.4 Å². The van der Waals surface area contributed by atoms with E-state index in [0.29, 0.717) is 33.8 Å². The number of hydrogen-bond donors (Lipinski definition) is 2. The zero-order valence-corrected chi connectivity index (χ0v) is 16.9. The second-order valence-corrected chi connectivity index (χ2v) is 7.89. The second kappa shape index (κ2) is 7.32. The van der Waals surface area contributed by atoms with E-state index in [1.54, 1.807) is 31.4 Å². The van der Waals surface area contributed by atoms with Crippen LogP contribution in [0.4, 0.5) is 5.82 Å². The van der Waals surface area contributed by atoms with Gasteiger partial charge in [0.25, 0.3) is 11.1 Å². The van der Waals surface area contributed by atoms with Gasteiger partial charge in [-0.05, 0) is 20.8 Å². The zero-order valence-electron chi connectivity index (χ0n) is 16.1. The predicted octanol–water partition coefficient (Wildman–Crippen LogP) is 1.11. The number of aryl methyl sites for hydroxylation is 3. The molecule has 0 spiro atoms. The Kier molecular flexibility index (Phi) is 4.82. The second-order valence-electron chi connectivity index (χ2n) is 6.90. The van der Waals surface area contributed by atoms with Crippen molar-refractivity contribution in [2.75, 3.05) is 11.1 Å². The molecule has 0 saturated carbocycles. The van der Waals surface area contributed by atoms with Crippen LogP contribution in [0.3, 0.4) is 0 Å². The molecule has 0 radical (unpaired) electrons. The van der Waals surface area contributed by atoms with E-state index in [0.717, 1.165) is 0 Å². The van der Waals surface area contributed by atoms with Gasteiger partial charge in [-0.1, -0.05) is 11.8 Å². The minimum atomic E-state index is -0.306. The Labute approximate surface area is 169 Å². The fourth-order valence-electron chi connectivity index (χ4n) is 3.23. The molecule has 1 atom stereocenters. The minimum absolute atomic E-state index is 0.118. The number of anilines is 1. The van der Waals surface area contributed by atoms with Crippen molar-refractivity contribution in [1.29, 1.82) is 0 Å². The molecule has 2 N–H and O–H groups in total. The van der Waals surface area contributed by atoms with Crippen LogP contribution in [0.15, 0.2) is 32.9 Å². The quantitative estimate of drug-likeness (QED) is 0.613. The van der Waals surface area contributed by atoms with Crippen LogP contribution >= 0.6 is 11.8 Å². The number of hydrogen-bond acceptors (Lipinski definition) is 7. The van der Waals surface area contributed by atoms with E-state index in [4.69, 9.17) is 0 Å². The molecule has 0 saturated heterocycles. The number of aromatic amines is 1. The number of fused-ring (bicyclic) bond motifs is 1. The van der Waals surface area contributed by atoms with Crippen LogP contribution in [0.2, 0.25) is 0 Å². The summed E-state index contributed by atoms with van der Waals surface area (Å²) in [5.41, 5.74) is 1.40. The first kappa shape index (κ1) is 19.1. The third-order valence-electron chi connectivity index (χ3n) is 4.40. The van der Waals surface area contributed by atoms with Gasteiger partial charge in [0.15, 0.2) is 5.16 Å². The Morgan fingerprint density at radius 2 is 1.93 bits per heavy atom. The van der Waals surface area contributed by atoms with E-state index in [-0.39, 0.29) is 35.4 Å². The molecule has 0 aromatic carbocycles. The molecular weight excluding hydrogens is 394 g/mol. The summed E-state index contributed by atoms with van der Waals surface area (Å²) in [7, 11) is 0. The van der Waals surface area contributed by atoms with E-state index in [1.165, 1.54) is 28.6 Å². The van der Waals surface area contributed by atoms with E-state index in [1.807, 2.05) is 0 Å². The number of carbonyl (C=O) groups excluding carboxylic acids is 1. The van der Waals surface area contributed by atoms with Crippen LogP contribution in [-0.2, 0) is 4.79 Å². The summed E-state index contributed by atoms with van der Waals surface area (Å²) in [4.78, 5) is 48.0. The molecule has 1 amide bonds. The number of nitrogens with one attached hydrogen (secondary N) is 2. The molecule has 1 aliphatic rings. The highest BCUT2D eigenvalue weighted by Crippen LogP contribution is 2.32. The van der Waals surface area contributed by atoms with Crippen molar-refractivity contribution in [3.8, 4) is 5.95 Å². The lowest BCUT2D eigenvalue weighted by Gasteiger charge is -2.13. The van der Waals surface area contributed by atoms with E-state index >= 15 is 0 Å². The number of rotatable bonds is 4. The fraction of sp³-hybridized carbons (Fsp3) is 0.333. The third-order valence-corrected chi connectivity index (χ3v) is 5.49. The molecule has 1 aliphatic heterocycles. The van der Waals surface area contributed by atoms with Gasteiger partial charge in [-0.2, -0.15) is 9.78 Å². The van der Waals surface area contributed by atoms with Crippen LogP contribution in [0.5, 0.6) is 0 Å². The maximum absolute atomic E-state index is 12.7. The van der Waals surface area contributed by atoms with Gasteiger partial charge in [-0.25, -0.2) is 9.97 Å². The van der Waals surface area contributed by atoms with Gasteiger partial charge in [-0.3, -0.25) is 23.9 Å². The highest BCUT2D eigenvalue weighted by atomic mass is 32.2. The predicted molar refractivity (Wildman–Crippen MR) is 108 cm³/mol. The molecule has 11 heteroatoms. The average molecular weight is 413 g/mol. The van der Waals surface area contributed by atoms with Crippen LogP contribution in [0.1, 0.15) is 29.5 Å². The van der Waals surface area contributed by atoms with Gasteiger partial charge in [0.2, 0.25) is 11.9 Å². The number of carbonyl (C=O) groups is 1. The number of H-pyrrole nitrogens is 1. The van der Waals surface area contributed by atoms with Crippen molar-refractivity contribution in [3.05, 3.63) is 56.0 Å². The van der Waals surface area contributed by atoms with Crippen molar-refractivity contribution < 1.29 is 4.79 Å². The van der Waals surface area contributed by atoms with Crippen molar-refractivity contribution in [1.82, 2.24) is 29.3 Å². The topological polar surface area (TPSA) is 128 Å². The molecule has 3 aromatic rings. The molecule has 10 nitrogen and oxygen atoms in total. The third kappa shape index (κ3) is 3.86. The number of amides is 1. The van der Waals surface area contributed by atoms with E-state index < -0.39 is 0 Å². The zero-order chi connectivity index (χ0) is 20.7.